The topological polar surface area (TPSA) is 50.8 Å². The summed E-state index contributed by atoms with van der Waals surface area (Å²) in [5, 5.41) is 4.45. The van der Waals surface area contributed by atoms with E-state index in [0.717, 1.165) is 16.8 Å². The van der Waals surface area contributed by atoms with Crippen LogP contribution in [0.25, 0.3) is 0 Å². The van der Waals surface area contributed by atoms with Gasteiger partial charge in [0.05, 0.1) is 13.2 Å². The number of para-hydroxylation sites is 1. The molecular formula is C22H23ClN2O3S. The SMILES string of the molecule is COc1cccc(C2NC(=S)N(C)C(C)=C2C(C)=O)c1OCc1cccc(Cl)c1. The second-order valence-corrected chi connectivity index (χ2v) is 7.62. The average molecular weight is 431 g/mol. The Morgan fingerprint density at radius 2 is 2.00 bits per heavy atom. The van der Waals surface area contributed by atoms with Crippen molar-refractivity contribution in [2.45, 2.75) is 26.5 Å². The quantitative estimate of drug-likeness (QED) is 0.673. The number of halogens is 1. The zero-order chi connectivity index (χ0) is 21.1. The maximum Gasteiger partial charge on any atom is 0.173 e. The number of carbonyl (C=O) groups is 1. The molecule has 152 valence electrons. The minimum absolute atomic E-state index is 0.0297. The maximum absolute atomic E-state index is 12.5. The number of methoxy groups -OCH3 is 1. The van der Waals surface area contributed by atoms with Gasteiger partial charge in [0.1, 0.15) is 6.61 Å². The van der Waals surface area contributed by atoms with Crippen LogP contribution >= 0.6 is 23.8 Å². The first-order valence-corrected chi connectivity index (χ1v) is 9.92. The largest absolute Gasteiger partial charge is 0.493 e. The van der Waals surface area contributed by atoms with Crippen molar-refractivity contribution in [3.63, 3.8) is 0 Å². The summed E-state index contributed by atoms with van der Waals surface area (Å²) in [6, 6.07) is 12.7. The molecule has 0 saturated heterocycles. The summed E-state index contributed by atoms with van der Waals surface area (Å²) in [6.45, 7) is 3.76. The molecule has 1 N–H and O–H groups in total. The summed E-state index contributed by atoms with van der Waals surface area (Å²) in [5.41, 5.74) is 3.17. The van der Waals surface area contributed by atoms with Gasteiger partial charge in [0.2, 0.25) is 0 Å². The van der Waals surface area contributed by atoms with E-state index in [9.17, 15) is 4.79 Å². The number of ketones is 1. The number of hydrogen-bond donors (Lipinski definition) is 1. The lowest BCUT2D eigenvalue weighted by molar-refractivity contribution is -0.114. The van der Waals surface area contributed by atoms with Crippen molar-refractivity contribution in [1.29, 1.82) is 0 Å². The van der Waals surface area contributed by atoms with Crippen LogP contribution in [0.1, 0.15) is 31.0 Å². The molecule has 0 bridgehead atoms. The molecule has 0 radical (unpaired) electrons. The number of rotatable bonds is 6. The Hall–Kier alpha value is -2.57. The molecule has 0 spiro atoms. The van der Waals surface area contributed by atoms with E-state index < -0.39 is 6.04 Å². The lowest BCUT2D eigenvalue weighted by Gasteiger charge is -2.36. The van der Waals surface area contributed by atoms with Gasteiger partial charge in [-0.25, -0.2) is 0 Å². The van der Waals surface area contributed by atoms with Gasteiger partial charge in [0.15, 0.2) is 22.4 Å². The van der Waals surface area contributed by atoms with Crippen molar-refractivity contribution >= 4 is 34.7 Å². The highest BCUT2D eigenvalue weighted by molar-refractivity contribution is 7.80. The third-order valence-corrected chi connectivity index (χ3v) is 5.57. The van der Waals surface area contributed by atoms with E-state index in [-0.39, 0.29) is 5.78 Å². The summed E-state index contributed by atoms with van der Waals surface area (Å²) < 4.78 is 11.7. The van der Waals surface area contributed by atoms with Crippen LogP contribution < -0.4 is 14.8 Å². The van der Waals surface area contributed by atoms with Gasteiger partial charge >= 0.3 is 0 Å². The van der Waals surface area contributed by atoms with Crippen molar-refractivity contribution < 1.29 is 14.3 Å². The second kappa shape index (κ2) is 8.84. The van der Waals surface area contributed by atoms with E-state index in [1.807, 2.05) is 56.4 Å². The third-order valence-electron chi connectivity index (χ3n) is 4.95. The van der Waals surface area contributed by atoms with Gasteiger partial charge < -0.3 is 19.7 Å². The number of carbonyl (C=O) groups excluding carboxylic acids is 1. The zero-order valence-corrected chi connectivity index (χ0v) is 18.4. The Bertz CT molecular complexity index is 990. The highest BCUT2D eigenvalue weighted by Crippen LogP contribution is 2.40. The normalized spacial score (nSPS) is 16.5. The zero-order valence-electron chi connectivity index (χ0n) is 16.8. The number of allylic oxidation sites excluding steroid dienone is 1. The summed E-state index contributed by atoms with van der Waals surface area (Å²) in [7, 11) is 3.43. The second-order valence-electron chi connectivity index (χ2n) is 6.79. The number of Topliss-reactive ketones (excluding diaryl/α,β-unsaturated/α-hetero) is 1. The van der Waals surface area contributed by atoms with Gasteiger partial charge in [-0.3, -0.25) is 4.79 Å². The summed E-state index contributed by atoms with van der Waals surface area (Å²) in [5.74, 6) is 1.11. The first-order valence-electron chi connectivity index (χ1n) is 9.13. The van der Waals surface area contributed by atoms with E-state index in [1.54, 1.807) is 18.9 Å². The summed E-state index contributed by atoms with van der Waals surface area (Å²) in [4.78, 5) is 14.3. The molecule has 0 amide bonds. The van der Waals surface area contributed by atoms with Crippen molar-refractivity contribution in [2.24, 2.45) is 0 Å². The van der Waals surface area contributed by atoms with Gasteiger partial charge in [-0.2, -0.15) is 0 Å². The first kappa shape index (κ1) is 21.1. The van der Waals surface area contributed by atoms with E-state index in [4.69, 9.17) is 33.3 Å². The monoisotopic (exact) mass is 430 g/mol. The lowest BCUT2D eigenvalue weighted by Crippen LogP contribution is -2.45. The Labute approximate surface area is 181 Å². The van der Waals surface area contributed by atoms with E-state index >= 15 is 0 Å². The molecule has 0 saturated carbocycles. The molecule has 1 aliphatic heterocycles. The third kappa shape index (κ3) is 4.38. The van der Waals surface area contributed by atoms with Crippen LogP contribution in [-0.2, 0) is 11.4 Å². The Kier molecular flexibility index (Phi) is 6.45. The molecule has 1 heterocycles. The number of ether oxygens (including phenoxy) is 2. The summed E-state index contributed by atoms with van der Waals surface area (Å²) in [6.07, 6.45) is 0. The molecular weight excluding hydrogens is 408 g/mol. The molecule has 1 aliphatic rings. The van der Waals surface area contributed by atoms with Crippen LogP contribution in [0.4, 0.5) is 0 Å². The summed E-state index contributed by atoms with van der Waals surface area (Å²) >= 11 is 11.5. The minimum atomic E-state index is -0.430. The van der Waals surface area contributed by atoms with Crippen LogP contribution in [0.2, 0.25) is 5.02 Å². The van der Waals surface area contributed by atoms with Gasteiger partial charge in [0, 0.05) is 28.9 Å². The van der Waals surface area contributed by atoms with Gasteiger partial charge in [-0.05, 0) is 49.8 Å². The van der Waals surface area contributed by atoms with E-state index in [0.29, 0.717) is 33.8 Å². The molecule has 1 atom stereocenters. The number of hydrogen-bond acceptors (Lipinski definition) is 4. The Morgan fingerprint density at radius 3 is 2.66 bits per heavy atom. The van der Waals surface area contributed by atoms with E-state index in [1.165, 1.54) is 0 Å². The number of benzene rings is 2. The average Bonchev–Trinajstić information content (AvgIpc) is 2.69. The van der Waals surface area contributed by atoms with Gasteiger partial charge in [-0.15, -0.1) is 0 Å². The maximum atomic E-state index is 12.5. The smallest absolute Gasteiger partial charge is 0.173 e. The fraction of sp³-hybridized carbons (Fsp3) is 0.273. The highest BCUT2D eigenvalue weighted by atomic mass is 35.5. The predicted molar refractivity (Wildman–Crippen MR) is 118 cm³/mol. The molecule has 3 rings (SSSR count). The van der Waals surface area contributed by atoms with Crippen LogP contribution in [0.5, 0.6) is 11.5 Å². The molecule has 0 aliphatic carbocycles. The van der Waals surface area contributed by atoms with Crippen molar-refractivity contribution in [3.8, 4) is 11.5 Å². The molecule has 0 aromatic heterocycles. The van der Waals surface area contributed by atoms with Crippen molar-refractivity contribution in [2.75, 3.05) is 14.2 Å². The molecule has 0 fully saturated rings. The fourth-order valence-electron chi connectivity index (χ4n) is 3.38. The van der Waals surface area contributed by atoms with E-state index in [2.05, 4.69) is 5.32 Å². The molecule has 1 unspecified atom stereocenters. The molecule has 7 heteroatoms. The van der Waals surface area contributed by atoms with Crippen LogP contribution in [0, 0.1) is 0 Å². The Morgan fingerprint density at radius 1 is 1.28 bits per heavy atom. The van der Waals surface area contributed by atoms with Gasteiger partial charge in [0.25, 0.3) is 0 Å². The predicted octanol–water partition coefficient (Wildman–Crippen LogP) is 4.65. The Balaban J connectivity index is 2.05. The van der Waals surface area contributed by atoms with Crippen LogP contribution in [0.15, 0.2) is 53.7 Å². The van der Waals surface area contributed by atoms with Crippen LogP contribution in [-0.4, -0.2) is 30.0 Å². The first-order chi connectivity index (χ1) is 13.8. The highest BCUT2D eigenvalue weighted by Gasteiger charge is 2.33. The number of nitrogens with one attached hydrogen (secondary N) is 1. The van der Waals surface area contributed by atoms with Gasteiger partial charge in [-0.1, -0.05) is 35.9 Å². The lowest BCUT2D eigenvalue weighted by atomic mass is 9.92. The molecule has 2 aromatic rings. The van der Waals surface area contributed by atoms with Crippen molar-refractivity contribution in [1.82, 2.24) is 10.2 Å². The molecule has 5 nitrogen and oxygen atoms in total. The number of thiocarbonyl (C=S) groups is 1. The number of nitrogens with zero attached hydrogens (tertiary/aromatic N) is 1. The fourth-order valence-corrected chi connectivity index (χ4v) is 3.85. The molecule has 29 heavy (non-hydrogen) atoms. The minimum Gasteiger partial charge on any atom is -0.493 e. The molecule has 2 aromatic carbocycles. The standard InChI is InChI=1S/C22H23ClN2O3S/c1-13-19(14(2)26)20(24-22(29)25(13)3)17-9-6-10-18(27-4)21(17)28-12-15-7-5-8-16(23)11-15/h5-11,20H,12H2,1-4H3,(H,24,29). The van der Waals surface area contributed by atoms with Crippen LogP contribution in [0.3, 0.4) is 0 Å². The van der Waals surface area contributed by atoms with Crippen molar-refractivity contribution in [3.05, 3.63) is 69.9 Å².